The highest BCUT2D eigenvalue weighted by Gasteiger charge is 2.21. The highest BCUT2D eigenvalue weighted by molar-refractivity contribution is 5.74. The number of nitrogens with one attached hydrogen (secondary N) is 2. The number of carboxylic acid groups (broad SMARTS) is 1. The first-order chi connectivity index (χ1) is 7.97. The molecule has 0 aromatic heterocycles. The van der Waals surface area contributed by atoms with Crippen molar-refractivity contribution >= 4 is 12.0 Å². The maximum Gasteiger partial charge on any atom is 0.315 e. The van der Waals surface area contributed by atoms with Gasteiger partial charge in [-0.15, -0.1) is 0 Å². The van der Waals surface area contributed by atoms with Crippen molar-refractivity contribution in [2.24, 2.45) is 5.92 Å². The lowest BCUT2D eigenvalue weighted by Crippen LogP contribution is -2.44. The fourth-order valence-corrected chi connectivity index (χ4v) is 1.93. The molecule has 0 saturated carbocycles. The number of carbonyl (C=O) groups excluding carboxylic acids is 1. The Hall–Kier alpha value is -1.30. The fraction of sp³-hybridized carbons (Fsp3) is 0.818. The summed E-state index contributed by atoms with van der Waals surface area (Å²) in [5.41, 5.74) is 0. The predicted molar refractivity (Wildman–Crippen MR) is 63.9 cm³/mol. The second-order valence-corrected chi connectivity index (χ2v) is 4.81. The molecule has 2 unspecified atom stereocenters. The Bertz CT molecular complexity index is 283. The molecule has 2 amide bonds. The summed E-state index contributed by atoms with van der Waals surface area (Å²) in [5.74, 6) is -0.887. The molecule has 1 heterocycles. The molecule has 98 valence electrons. The lowest BCUT2D eigenvalue weighted by atomic mass is 10.1. The molecular formula is C11H21N3O3. The third-order valence-corrected chi connectivity index (χ3v) is 2.86. The lowest BCUT2D eigenvalue weighted by molar-refractivity contribution is -0.137. The molecule has 1 rings (SSSR count). The van der Waals surface area contributed by atoms with Crippen molar-refractivity contribution in [3.8, 4) is 0 Å². The minimum Gasteiger partial charge on any atom is -0.481 e. The van der Waals surface area contributed by atoms with Gasteiger partial charge in [0.2, 0.25) is 0 Å². The largest absolute Gasteiger partial charge is 0.481 e. The Kier molecular flexibility index (Phi) is 5.21. The molecule has 2 atom stereocenters. The number of hydrogen-bond acceptors (Lipinski definition) is 3. The molecular weight excluding hydrogens is 222 g/mol. The number of hydrogen-bond donors (Lipinski definition) is 3. The Labute approximate surface area is 101 Å². The topological polar surface area (TPSA) is 81.7 Å². The van der Waals surface area contributed by atoms with E-state index in [2.05, 4.69) is 15.5 Å². The van der Waals surface area contributed by atoms with Crippen molar-refractivity contribution in [1.82, 2.24) is 15.5 Å². The van der Waals surface area contributed by atoms with E-state index in [0.29, 0.717) is 6.54 Å². The van der Waals surface area contributed by atoms with Crippen LogP contribution in [0.15, 0.2) is 0 Å². The second kappa shape index (κ2) is 6.44. The summed E-state index contributed by atoms with van der Waals surface area (Å²) >= 11 is 0. The van der Waals surface area contributed by atoms with Crippen LogP contribution in [0.5, 0.6) is 0 Å². The zero-order valence-electron chi connectivity index (χ0n) is 10.4. The summed E-state index contributed by atoms with van der Waals surface area (Å²) in [6.07, 6.45) is 1.04. The van der Waals surface area contributed by atoms with Crippen molar-refractivity contribution in [3.63, 3.8) is 0 Å². The van der Waals surface area contributed by atoms with Gasteiger partial charge in [-0.05, 0) is 25.9 Å². The first kappa shape index (κ1) is 13.8. The van der Waals surface area contributed by atoms with E-state index in [1.807, 2.05) is 7.05 Å². The SMILES string of the molecule is CC(CNC(=O)NC1CCN(C)C1)CC(=O)O. The molecule has 0 aliphatic carbocycles. The number of amides is 2. The average Bonchev–Trinajstić information content (AvgIpc) is 2.60. The zero-order chi connectivity index (χ0) is 12.8. The Morgan fingerprint density at radius 3 is 2.76 bits per heavy atom. The first-order valence-corrected chi connectivity index (χ1v) is 5.92. The van der Waals surface area contributed by atoms with E-state index in [4.69, 9.17) is 5.11 Å². The monoisotopic (exact) mass is 243 g/mol. The normalized spacial score (nSPS) is 22.1. The molecule has 6 nitrogen and oxygen atoms in total. The first-order valence-electron chi connectivity index (χ1n) is 5.92. The molecule has 3 N–H and O–H groups in total. The molecule has 1 fully saturated rings. The van der Waals surface area contributed by atoms with Crippen molar-refractivity contribution in [2.45, 2.75) is 25.8 Å². The number of nitrogens with zero attached hydrogens (tertiary/aromatic N) is 1. The van der Waals surface area contributed by atoms with Crippen molar-refractivity contribution < 1.29 is 14.7 Å². The van der Waals surface area contributed by atoms with Gasteiger partial charge in [-0.2, -0.15) is 0 Å². The minimum atomic E-state index is -0.836. The van der Waals surface area contributed by atoms with Gasteiger partial charge >= 0.3 is 12.0 Å². The number of rotatable bonds is 5. The van der Waals surface area contributed by atoms with Crippen molar-refractivity contribution in [2.75, 3.05) is 26.7 Å². The van der Waals surface area contributed by atoms with Gasteiger partial charge in [0.15, 0.2) is 0 Å². The van der Waals surface area contributed by atoms with Gasteiger partial charge in [0, 0.05) is 25.6 Å². The van der Waals surface area contributed by atoms with Gasteiger partial charge in [0.05, 0.1) is 0 Å². The van der Waals surface area contributed by atoms with Crippen LogP contribution in [0.25, 0.3) is 0 Å². The van der Waals surface area contributed by atoms with Gasteiger partial charge in [-0.1, -0.05) is 6.92 Å². The van der Waals surface area contributed by atoms with E-state index >= 15 is 0 Å². The minimum absolute atomic E-state index is 0.0514. The molecule has 0 spiro atoms. The maximum atomic E-state index is 11.5. The quantitative estimate of drug-likeness (QED) is 0.639. The molecule has 1 saturated heterocycles. The maximum absolute atomic E-state index is 11.5. The number of urea groups is 1. The van der Waals surface area contributed by atoms with E-state index in [-0.39, 0.29) is 24.4 Å². The smallest absolute Gasteiger partial charge is 0.315 e. The highest BCUT2D eigenvalue weighted by Crippen LogP contribution is 2.05. The third-order valence-electron chi connectivity index (χ3n) is 2.86. The number of aliphatic carboxylic acids is 1. The van der Waals surface area contributed by atoms with Crippen LogP contribution in [0, 0.1) is 5.92 Å². The van der Waals surface area contributed by atoms with Crippen molar-refractivity contribution in [1.29, 1.82) is 0 Å². The molecule has 6 heteroatoms. The summed E-state index contributed by atoms with van der Waals surface area (Å²) in [4.78, 5) is 24.1. The van der Waals surface area contributed by atoms with Crippen molar-refractivity contribution in [3.05, 3.63) is 0 Å². The van der Waals surface area contributed by atoms with Gasteiger partial charge < -0.3 is 20.6 Å². The highest BCUT2D eigenvalue weighted by atomic mass is 16.4. The van der Waals surface area contributed by atoms with Crippen LogP contribution in [-0.2, 0) is 4.79 Å². The number of carboxylic acids is 1. The lowest BCUT2D eigenvalue weighted by Gasteiger charge is -2.15. The van der Waals surface area contributed by atoms with Crippen LogP contribution in [0.4, 0.5) is 4.79 Å². The summed E-state index contributed by atoms with van der Waals surface area (Å²) in [6, 6.07) is -0.00248. The molecule has 0 radical (unpaired) electrons. The van der Waals surface area contributed by atoms with Crippen LogP contribution in [0.3, 0.4) is 0 Å². The van der Waals surface area contributed by atoms with E-state index in [1.54, 1.807) is 6.92 Å². The molecule has 0 aromatic carbocycles. The Morgan fingerprint density at radius 1 is 1.53 bits per heavy atom. The van der Waals surface area contributed by atoms with E-state index < -0.39 is 5.97 Å². The Balaban J connectivity index is 2.14. The molecule has 1 aliphatic heterocycles. The molecule has 0 aromatic rings. The summed E-state index contributed by atoms with van der Waals surface area (Å²) in [5, 5.41) is 14.2. The van der Waals surface area contributed by atoms with Crippen LogP contribution in [-0.4, -0.2) is 54.7 Å². The van der Waals surface area contributed by atoms with Gasteiger partial charge in [-0.3, -0.25) is 4.79 Å². The van der Waals surface area contributed by atoms with E-state index in [0.717, 1.165) is 19.5 Å². The molecule has 0 bridgehead atoms. The standard InChI is InChI=1S/C11H21N3O3/c1-8(5-10(15)16)6-12-11(17)13-9-3-4-14(2)7-9/h8-9H,3-7H2,1-2H3,(H,15,16)(H2,12,13,17). The second-order valence-electron chi connectivity index (χ2n) is 4.81. The van der Waals surface area contributed by atoms with Gasteiger partial charge in [-0.25, -0.2) is 4.79 Å². The van der Waals surface area contributed by atoms with E-state index in [9.17, 15) is 9.59 Å². The van der Waals surface area contributed by atoms with Crippen LogP contribution < -0.4 is 10.6 Å². The zero-order valence-corrected chi connectivity index (χ0v) is 10.4. The van der Waals surface area contributed by atoms with Gasteiger partial charge in [0.1, 0.15) is 0 Å². The molecule has 17 heavy (non-hydrogen) atoms. The van der Waals surface area contributed by atoms with E-state index in [1.165, 1.54) is 0 Å². The molecule has 1 aliphatic rings. The summed E-state index contributed by atoms with van der Waals surface area (Å²) in [7, 11) is 2.02. The van der Waals surface area contributed by atoms with Crippen LogP contribution in [0.1, 0.15) is 19.8 Å². The average molecular weight is 243 g/mol. The number of likely N-dealkylation sites (N-methyl/N-ethyl adjacent to an activating group) is 1. The summed E-state index contributed by atoms with van der Waals surface area (Å²) < 4.78 is 0. The van der Waals surface area contributed by atoms with Crippen LogP contribution in [0.2, 0.25) is 0 Å². The predicted octanol–water partition coefficient (Wildman–Crippen LogP) is 0.101. The fourth-order valence-electron chi connectivity index (χ4n) is 1.93. The third kappa shape index (κ3) is 5.53. The van der Waals surface area contributed by atoms with Crippen LogP contribution >= 0.6 is 0 Å². The van der Waals surface area contributed by atoms with Gasteiger partial charge in [0.25, 0.3) is 0 Å². The Morgan fingerprint density at radius 2 is 2.24 bits per heavy atom. The number of likely N-dealkylation sites (tertiary alicyclic amines) is 1. The number of carbonyl (C=O) groups is 2. The summed E-state index contributed by atoms with van der Waals surface area (Å²) in [6.45, 7) is 4.07.